The Morgan fingerprint density at radius 3 is 3.11 bits per heavy atom. The molecule has 98 valence electrons. The molecule has 1 aromatic rings. The van der Waals surface area contributed by atoms with Crippen molar-refractivity contribution >= 4 is 35.0 Å². The predicted molar refractivity (Wildman–Crippen MR) is 81.7 cm³/mol. The lowest BCUT2D eigenvalue weighted by molar-refractivity contribution is 0.415. The van der Waals surface area contributed by atoms with Gasteiger partial charge in [-0.15, -0.1) is 0 Å². The first-order valence-corrected chi connectivity index (χ1v) is 7.31. The number of nitrogens with zero attached hydrogens (tertiary/aromatic N) is 2. The monoisotopic (exact) mass is 292 g/mol. The molecule has 2 heterocycles. The largest absolute Gasteiger partial charge is 0.497 e. The highest BCUT2D eigenvalue weighted by molar-refractivity contribution is 7.98. The molecule has 3 rings (SSSR count). The second-order valence-corrected chi connectivity index (χ2v) is 5.47. The van der Waals surface area contributed by atoms with E-state index in [9.17, 15) is 0 Å². The van der Waals surface area contributed by atoms with Gasteiger partial charge in [-0.25, -0.2) is 0 Å². The van der Waals surface area contributed by atoms with Gasteiger partial charge in [0.25, 0.3) is 0 Å². The van der Waals surface area contributed by atoms with E-state index < -0.39 is 0 Å². The molecule has 0 radical (unpaired) electrons. The second-order valence-electron chi connectivity index (χ2n) is 4.21. The molecule has 0 saturated heterocycles. The van der Waals surface area contributed by atoms with Crippen LogP contribution in [0.2, 0.25) is 5.02 Å². The van der Waals surface area contributed by atoms with Crippen LogP contribution < -0.4 is 4.74 Å². The fourth-order valence-corrected chi connectivity index (χ4v) is 3.09. The minimum absolute atomic E-state index is 0.680. The summed E-state index contributed by atoms with van der Waals surface area (Å²) in [5.74, 6) is 2.75. The number of hydrogen-bond donors (Lipinski definition) is 0. The standard InChI is InChI=1S/C14H13ClN2OS/c1-18-10-4-5-11(13(15)9-10)12-3-2-6-17-7-8-19-16-14(12)17/h2-6,9H,7-8H2,1H3. The zero-order valence-corrected chi connectivity index (χ0v) is 12.0. The molecule has 0 spiro atoms. The van der Waals surface area contributed by atoms with E-state index in [0.717, 1.165) is 35.0 Å². The summed E-state index contributed by atoms with van der Waals surface area (Å²) in [7, 11) is 1.64. The summed E-state index contributed by atoms with van der Waals surface area (Å²) < 4.78 is 9.72. The Bertz CT molecular complexity index is 595. The average molecular weight is 293 g/mol. The van der Waals surface area contributed by atoms with E-state index in [0.29, 0.717) is 5.02 Å². The molecule has 0 fully saturated rings. The normalized spacial score (nSPS) is 17.7. The highest BCUT2D eigenvalue weighted by atomic mass is 35.5. The Morgan fingerprint density at radius 2 is 2.32 bits per heavy atom. The lowest BCUT2D eigenvalue weighted by atomic mass is 10.0. The van der Waals surface area contributed by atoms with Gasteiger partial charge < -0.3 is 9.64 Å². The lowest BCUT2D eigenvalue weighted by Crippen LogP contribution is -2.32. The third kappa shape index (κ3) is 2.38. The van der Waals surface area contributed by atoms with E-state index in [4.69, 9.17) is 16.3 Å². The zero-order valence-electron chi connectivity index (χ0n) is 10.5. The van der Waals surface area contributed by atoms with E-state index in [-0.39, 0.29) is 0 Å². The maximum Gasteiger partial charge on any atom is 0.148 e. The molecule has 0 aromatic heterocycles. The van der Waals surface area contributed by atoms with Gasteiger partial charge in [0.1, 0.15) is 11.6 Å². The van der Waals surface area contributed by atoms with Gasteiger partial charge in [-0.2, -0.15) is 4.40 Å². The van der Waals surface area contributed by atoms with Gasteiger partial charge in [-0.05, 0) is 42.3 Å². The van der Waals surface area contributed by atoms with E-state index in [2.05, 4.69) is 21.6 Å². The number of benzene rings is 1. The van der Waals surface area contributed by atoms with Gasteiger partial charge in [-0.1, -0.05) is 11.6 Å². The summed E-state index contributed by atoms with van der Waals surface area (Å²) in [4.78, 5) is 2.16. The maximum atomic E-state index is 6.35. The summed E-state index contributed by atoms with van der Waals surface area (Å²) >= 11 is 7.94. The number of methoxy groups -OCH3 is 1. The van der Waals surface area contributed by atoms with Gasteiger partial charge >= 0.3 is 0 Å². The molecule has 2 aliphatic heterocycles. The predicted octanol–water partition coefficient (Wildman–Crippen LogP) is 3.62. The van der Waals surface area contributed by atoms with Crippen molar-refractivity contribution in [2.45, 2.75) is 0 Å². The molecule has 0 atom stereocenters. The van der Waals surface area contributed by atoms with Crippen molar-refractivity contribution in [3.8, 4) is 5.75 Å². The first-order chi connectivity index (χ1) is 9.29. The molecule has 0 N–H and O–H groups in total. The van der Waals surface area contributed by atoms with Crippen LogP contribution in [0.5, 0.6) is 5.75 Å². The second kappa shape index (κ2) is 5.31. The van der Waals surface area contributed by atoms with Crippen LogP contribution in [-0.4, -0.2) is 30.1 Å². The zero-order chi connectivity index (χ0) is 13.2. The Morgan fingerprint density at radius 1 is 1.42 bits per heavy atom. The molecule has 2 aliphatic rings. The minimum atomic E-state index is 0.680. The maximum absolute atomic E-state index is 6.35. The Labute approximate surface area is 121 Å². The van der Waals surface area contributed by atoms with Crippen LogP contribution in [0.15, 0.2) is 40.9 Å². The smallest absolute Gasteiger partial charge is 0.148 e. The van der Waals surface area contributed by atoms with Crippen molar-refractivity contribution in [3.63, 3.8) is 0 Å². The third-order valence-corrected chi connectivity index (χ3v) is 4.06. The van der Waals surface area contributed by atoms with Crippen LogP contribution in [0.1, 0.15) is 5.56 Å². The van der Waals surface area contributed by atoms with Crippen LogP contribution in [0.3, 0.4) is 0 Å². The summed E-state index contributed by atoms with van der Waals surface area (Å²) in [6, 6.07) is 5.73. The van der Waals surface area contributed by atoms with Crippen LogP contribution in [0.25, 0.3) is 5.57 Å². The van der Waals surface area contributed by atoms with Gasteiger partial charge in [0.15, 0.2) is 0 Å². The van der Waals surface area contributed by atoms with E-state index in [1.807, 2.05) is 24.3 Å². The fraction of sp³-hybridized carbons (Fsp3) is 0.214. The Kier molecular flexibility index (Phi) is 3.53. The lowest BCUT2D eigenvalue weighted by Gasteiger charge is -2.29. The van der Waals surface area contributed by atoms with Crippen molar-refractivity contribution in [3.05, 3.63) is 47.1 Å². The van der Waals surface area contributed by atoms with Crippen molar-refractivity contribution in [1.82, 2.24) is 4.90 Å². The molecule has 0 amide bonds. The average Bonchev–Trinajstić information content (AvgIpc) is 2.46. The molecule has 0 saturated carbocycles. The summed E-state index contributed by atoms with van der Waals surface area (Å²) in [6.45, 7) is 0.977. The Hall–Kier alpha value is -1.39. The molecule has 0 aliphatic carbocycles. The SMILES string of the molecule is COc1ccc(C2=CC=CN3CCSN=C23)c(Cl)c1. The minimum Gasteiger partial charge on any atom is -0.497 e. The molecular weight excluding hydrogens is 280 g/mol. The first kappa shape index (κ1) is 12.6. The number of allylic oxidation sites excluding steroid dienone is 2. The van der Waals surface area contributed by atoms with E-state index in [1.165, 1.54) is 0 Å². The Balaban J connectivity index is 2.03. The molecule has 19 heavy (non-hydrogen) atoms. The van der Waals surface area contributed by atoms with Crippen molar-refractivity contribution in [1.29, 1.82) is 0 Å². The van der Waals surface area contributed by atoms with Gasteiger partial charge in [-0.3, -0.25) is 0 Å². The number of fused-ring (bicyclic) bond motifs is 1. The molecule has 3 nitrogen and oxygen atoms in total. The number of rotatable bonds is 2. The summed E-state index contributed by atoms with van der Waals surface area (Å²) in [6.07, 6.45) is 6.14. The highest BCUT2D eigenvalue weighted by Gasteiger charge is 2.22. The molecule has 0 unspecified atom stereocenters. The van der Waals surface area contributed by atoms with Crippen molar-refractivity contribution in [2.24, 2.45) is 4.40 Å². The first-order valence-electron chi connectivity index (χ1n) is 5.99. The van der Waals surface area contributed by atoms with E-state index >= 15 is 0 Å². The molecule has 1 aromatic carbocycles. The number of hydrogen-bond acceptors (Lipinski definition) is 4. The third-order valence-electron chi connectivity index (χ3n) is 3.08. The van der Waals surface area contributed by atoms with Gasteiger partial charge in [0.05, 0.1) is 12.1 Å². The summed E-state index contributed by atoms with van der Waals surface area (Å²) in [5.41, 5.74) is 2.04. The number of ether oxygens (including phenoxy) is 1. The van der Waals surface area contributed by atoms with Gasteiger partial charge in [0.2, 0.25) is 0 Å². The molecule has 5 heteroatoms. The fourth-order valence-electron chi connectivity index (χ4n) is 2.12. The topological polar surface area (TPSA) is 24.8 Å². The number of amidine groups is 1. The van der Waals surface area contributed by atoms with Crippen LogP contribution in [-0.2, 0) is 0 Å². The van der Waals surface area contributed by atoms with E-state index in [1.54, 1.807) is 19.1 Å². The highest BCUT2D eigenvalue weighted by Crippen LogP contribution is 2.33. The van der Waals surface area contributed by atoms with Gasteiger partial charge in [0, 0.05) is 29.6 Å². The summed E-state index contributed by atoms with van der Waals surface area (Å²) in [5, 5.41) is 0.680. The number of halogens is 1. The van der Waals surface area contributed by atoms with Crippen LogP contribution in [0, 0.1) is 0 Å². The van der Waals surface area contributed by atoms with Crippen LogP contribution in [0.4, 0.5) is 0 Å². The van der Waals surface area contributed by atoms with Crippen molar-refractivity contribution < 1.29 is 4.74 Å². The molecular formula is C14H13ClN2OS. The molecule has 0 bridgehead atoms. The van der Waals surface area contributed by atoms with Crippen molar-refractivity contribution in [2.75, 3.05) is 19.4 Å². The van der Waals surface area contributed by atoms with Crippen LogP contribution >= 0.6 is 23.5 Å². The quantitative estimate of drug-likeness (QED) is 0.778.